The van der Waals surface area contributed by atoms with Crippen LogP contribution in [0.4, 0.5) is 10.2 Å². The van der Waals surface area contributed by atoms with Gasteiger partial charge in [-0.1, -0.05) is 6.07 Å². The number of hydrogen-bond acceptors (Lipinski definition) is 7. The molecule has 3 aromatic heterocycles. The molecule has 5 rings (SSSR count). The summed E-state index contributed by atoms with van der Waals surface area (Å²) in [5, 5.41) is 10.8. The van der Waals surface area contributed by atoms with Crippen molar-refractivity contribution in [1.82, 2.24) is 29.3 Å². The van der Waals surface area contributed by atoms with Crippen molar-refractivity contribution in [3.05, 3.63) is 71.8 Å². The number of carbonyl (C=O) groups excluding carboxylic acids is 1. The molecule has 0 bridgehead atoms. The molecule has 0 atom stereocenters. The van der Waals surface area contributed by atoms with Gasteiger partial charge < -0.3 is 14.5 Å². The molecule has 0 radical (unpaired) electrons. The predicted octanol–water partition coefficient (Wildman–Crippen LogP) is 4.19. The second kappa shape index (κ2) is 10.8. The average Bonchev–Trinajstić information content (AvgIpc) is 3.35. The third-order valence-corrected chi connectivity index (χ3v) is 5.76. The van der Waals surface area contributed by atoms with Crippen molar-refractivity contribution < 1.29 is 22.2 Å². The molecule has 0 unspecified atom stereocenters. The van der Waals surface area contributed by atoms with E-state index in [0.29, 0.717) is 35.2 Å². The van der Waals surface area contributed by atoms with Gasteiger partial charge >= 0.3 is 0 Å². The molecule has 0 spiro atoms. The summed E-state index contributed by atoms with van der Waals surface area (Å²) in [5.41, 5.74) is 2.97. The van der Waals surface area contributed by atoms with Gasteiger partial charge in [0.05, 0.1) is 29.5 Å². The number of halogens is 1. The van der Waals surface area contributed by atoms with Crippen LogP contribution in [0.5, 0.6) is 0 Å². The fraction of sp³-hybridized carbons (Fsp3) is 0.320. The van der Waals surface area contributed by atoms with Gasteiger partial charge in [0.25, 0.3) is 16.0 Å². The van der Waals surface area contributed by atoms with Crippen LogP contribution in [0.3, 0.4) is 0 Å². The molecule has 4 aromatic rings. The Morgan fingerprint density at radius 2 is 1.92 bits per heavy atom. The van der Waals surface area contributed by atoms with E-state index in [0.717, 1.165) is 24.1 Å². The molecule has 11 nitrogen and oxygen atoms in total. The molecule has 0 saturated heterocycles. The minimum Gasteiger partial charge on any atom is -0.310 e. The molecule has 2 N–H and O–H groups in total. The number of pyridine rings is 1. The Balaban J connectivity index is 0.000000617. The predicted molar refractivity (Wildman–Crippen MR) is 139 cm³/mol. The minimum atomic E-state index is -3.67. The van der Waals surface area contributed by atoms with Crippen molar-refractivity contribution in [1.29, 1.82) is 0 Å². The first-order chi connectivity index (χ1) is 17.9. The Labute approximate surface area is 219 Å². The van der Waals surface area contributed by atoms with Crippen LogP contribution in [0, 0.1) is 12.7 Å². The third-order valence-electron chi connectivity index (χ3n) is 5.76. The Kier molecular flexibility index (Phi) is 7.69. The van der Waals surface area contributed by atoms with Crippen molar-refractivity contribution in [3.63, 3.8) is 0 Å². The van der Waals surface area contributed by atoms with Crippen molar-refractivity contribution in [3.8, 4) is 17.2 Å². The van der Waals surface area contributed by atoms with Crippen LogP contribution < -0.4 is 5.32 Å². The maximum Gasteiger partial charge on any atom is 0.261 e. The number of anilines is 1. The SMILES string of the molecule is CS(=O)(=O)O.Cc1cc(F)c(C(=O)Nc2cccc(-c3nncn3C(C)C)n2)cc1-n1cnc(C2CC2)c1. The fourth-order valence-corrected chi connectivity index (χ4v) is 3.79. The molecular weight excluding hydrogens is 513 g/mol. The van der Waals surface area contributed by atoms with E-state index in [1.807, 2.05) is 36.1 Å². The van der Waals surface area contributed by atoms with Gasteiger partial charge in [-0.2, -0.15) is 8.42 Å². The van der Waals surface area contributed by atoms with E-state index in [1.54, 1.807) is 36.9 Å². The molecular formula is C25H28FN7O4S. The number of rotatable bonds is 6. The third kappa shape index (κ3) is 6.66. The topological polar surface area (TPSA) is 145 Å². The van der Waals surface area contributed by atoms with E-state index in [4.69, 9.17) is 4.55 Å². The summed E-state index contributed by atoms with van der Waals surface area (Å²) in [6, 6.07) is 8.29. The highest BCUT2D eigenvalue weighted by Gasteiger charge is 2.26. The van der Waals surface area contributed by atoms with E-state index in [2.05, 4.69) is 25.5 Å². The number of hydrogen-bond donors (Lipinski definition) is 2. The molecule has 38 heavy (non-hydrogen) atoms. The minimum absolute atomic E-state index is 0.0603. The number of nitrogens with zero attached hydrogens (tertiary/aromatic N) is 6. The number of benzene rings is 1. The van der Waals surface area contributed by atoms with Gasteiger partial charge in [0, 0.05) is 18.2 Å². The maximum absolute atomic E-state index is 14.8. The van der Waals surface area contributed by atoms with Gasteiger partial charge in [-0.05, 0) is 63.4 Å². The molecule has 1 aliphatic rings. The van der Waals surface area contributed by atoms with E-state index >= 15 is 0 Å². The fourth-order valence-electron chi connectivity index (χ4n) is 3.79. The lowest BCUT2D eigenvalue weighted by atomic mass is 10.1. The first-order valence-corrected chi connectivity index (χ1v) is 13.7. The largest absolute Gasteiger partial charge is 0.310 e. The van der Waals surface area contributed by atoms with E-state index in [1.165, 1.54) is 6.07 Å². The zero-order valence-electron chi connectivity index (χ0n) is 21.3. The Bertz CT molecular complexity index is 1570. The second-order valence-corrected chi connectivity index (χ2v) is 10.8. The average molecular weight is 542 g/mol. The lowest BCUT2D eigenvalue weighted by Gasteiger charge is -2.12. The summed E-state index contributed by atoms with van der Waals surface area (Å²) in [4.78, 5) is 21.9. The van der Waals surface area contributed by atoms with Gasteiger partial charge in [-0.3, -0.25) is 9.35 Å². The highest BCUT2D eigenvalue weighted by Crippen LogP contribution is 2.39. The van der Waals surface area contributed by atoms with Crippen LogP contribution in [0.25, 0.3) is 17.2 Å². The summed E-state index contributed by atoms with van der Waals surface area (Å²) in [5.74, 6) is 0.236. The Hall–Kier alpha value is -3.97. The normalized spacial score (nSPS) is 13.2. The summed E-state index contributed by atoms with van der Waals surface area (Å²) < 4.78 is 44.4. The number of aryl methyl sites for hydroxylation is 1. The molecule has 200 valence electrons. The van der Waals surface area contributed by atoms with Crippen molar-refractivity contribution in [2.45, 2.75) is 45.6 Å². The van der Waals surface area contributed by atoms with Crippen molar-refractivity contribution in [2.24, 2.45) is 0 Å². The van der Waals surface area contributed by atoms with Crippen molar-refractivity contribution >= 4 is 21.8 Å². The highest BCUT2D eigenvalue weighted by molar-refractivity contribution is 7.85. The molecule has 0 aliphatic heterocycles. The first kappa shape index (κ1) is 27.1. The molecule has 1 aromatic carbocycles. The second-order valence-electron chi connectivity index (χ2n) is 9.35. The van der Waals surface area contributed by atoms with Crippen LogP contribution in [-0.2, 0) is 10.1 Å². The maximum atomic E-state index is 14.8. The van der Waals surface area contributed by atoms with Crippen LogP contribution in [0.2, 0.25) is 0 Å². The standard InChI is InChI=1S/C24H24FN7O.CH4O3S/c1-14(2)32-13-27-30-23(32)19-5-4-6-22(28-19)29-24(33)17-10-21(15(3)9-18(17)25)31-11-20(26-12-31)16-7-8-16;1-5(2,3)4/h4-6,9-14,16H,7-8H2,1-3H3,(H,28,29,33);1H3,(H,2,3,4). The summed E-state index contributed by atoms with van der Waals surface area (Å²) >= 11 is 0. The summed E-state index contributed by atoms with van der Waals surface area (Å²) in [7, 11) is -3.67. The van der Waals surface area contributed by atoms with Gasteiger partial charge in [-0.15, -0.1) is 10.2 Å². The number of nitrogens with one attached hydrogen (secondary N) is 1. The van der Waals surface area contributed by atoms with Gasteiger partial charge in [0.1, 0.15) is 23.7 Å². The van der Waals surface area contributed by atoms with E-state index in [9.17, 15) is 17.6 Å². The first-order valence-electron chi connectivity index (χ1n) is 11.9. The summed E-state index contributed by atoms with van der Waals surface area (Å²) in [6.07, 6.45) is 8.31. The van der Waals surface area contributed by atoms with E-state index < -0.39 is 21.8 Å². The molecule has 13 heteroatoms. The van der Waals surface area contributed by atoms with Crippen LogP contribution in [-0.4, -0.2) is 54.4 Å². The molecule has 1 amide bonds. The molecule has 1 saturated carbocycles. The van der Waals surface area contributed by atoms with Gasteiger partial charge in [0.15, 0.2) is 5.82 Å². The lowest BCUT2D eigenvalue weighted by Crippen LogP contribution is -2.16. The van der Waals surface area contributed by atoms with Crippen LogP contribution in [0.1, 0.15) is 60.3 Å². The molecule has 3 heterocycles. The smallest absolute Gasteiger partial charge is 0.261 e. The van der Waals surface area contributed by atoms with Gasteiger partial charge in [-0.25, -0.2) is 14.4 Å². The van der Waals surface area contributed by atoms with Gasteiger partial charge in [0.2, 0.25) is 0 Å². The highest BCUT2D eigenvalue weighted by atomic mass is 32.2. The van der Waals surface area contributed by atoms with Crippen molar-refractivity contribution in [2.75, 3.05) is 11.6 Å². The number of imidazole rings is 1. The summed E-state index contributed by atoms with van der Waals surface area (Å²) in [6.45, 7) is 5.85. The van der Waals surface area contributed by atoms with E-state index in [-0.39, 0.29) is 11.6 Å². The Morgan fingerprint density at radius 3 is 2.58 bits per heavy atom. The van der Waals surface area contributed by atoms with Crippen LogP contribution in [0.15, 0.2) is 49.2 Å². The Morgan fingerprint density at radius 1 is 1.21 bits per heavy atom. The lowest BCUT2D eigenvalue weighted by molar-refractivity contribution is 0.102. The zero-order valence-corrected chi connectivity index (χ0v) is 22.1. The number of aromatic nitrogens is 6. The zero-order chi connectivity index (χ0) is 27.6. The number of amides is 1. The quantitative estimate of drug-likeness (QED) is 0.346. The monoisotopic (exact) mass is 541 g/mol. The molecule has 1 aliphatic carbocycles. The number of carbonyl (C=O) groups is 1. The molecule has 1 fully saturated rings. The van der Waals surface area contributed by atoms with Crippen LogP contribution >= 0.6 is 0 Å².